The van der Waals surface area contributed by atoms with E-state index in [9.17, 15) is 0 Å². The van der Waals surface area contributed by atoms with Gasteiger partial charge in [0.1, 0.15) is 0 Å². The van der Waals surface area contributed by atoms with Gasteiger partial charge in [-0.3, -0.25) is 0 Å². The molecule has 0 aromatic heterocycles. The SMILES string of the molecule is CCCCCCCCCCNC1(CN(C)C)CCCC1. The van der Waals surface area contributed by atoms with Gasteiger partial charge in [-0.25, -0.2) is 0 Å². The standard InChI is InChI=1S/C18H38N2/c1-4-5-6-7-8-9-10-13-16-19-18(17-20(2)3)14-11-12-15-18/h19H,4-17H2,1-3H3. The highest BCUT2D eigenvalue weighted by atomic mass is 15.1. The van der Waals surface area contributed by atoms with Gasteiger partial charge in [0.05, 0.1) is 0 Å². The van der Waals surface area contributed by atoms with Gasteiger partial charge in [-0.05, 0) is 39.9 Å². The monoisotopic (exact) mass is 282 g/mol. The summed E-state index contributed by atoms with van der Waals surface area (Å²) in [6, 6.07) is 0. The molecule has 1 rings (SSSR count). The van der Waals surface area contributed by atoms with Gasteiger partial charge in [0.25, 0.3) is 0 Å². The Bertz CT molecular complexity index is 219. The van der Waals surface area contributed by atoms with Crippen molar-refractivity contribution in [3.05, 3.63) is 0 Å². The summed E-state index contributed by atoms with van der Waals surface area (Å²) in [5.41, 5.74) is 0.435. The van der Waals surface area contributed by atoms with Crippen molar-refractivity contribution in [3.8, 4) is 0 Å². The van der Waals surface area contributed by atoms with Crippen molar-refractivity contribution in [2.24, 2.45) is 0 Å². The molecular weight excluding hydrogens is 244 g/mol. The molecular formula is C18H38N2. The van der Waals surface area contributed by atoms with Crippen LogP contribution in [0.25, 0.3) is 0 Å². The van der Waals surface area contributed by atoms with E-state index in [4.69, 9.17) is 0 Å². The van der Waals surface area contributed by atoms with Crippen molar-refractivity contribution >= 4 is 0 Å². The molecule has 0 bridgehead atoms. The van der Waals surface area contributed by atoms with Crippen LogP contribution >= 0.6 is 0 Å². The molecule has 2 nitrogen and oxygen atoms in total. The highest BCUT2D eigenvalue weighted by molar-refractivity contribution is 4.94. The van der Waals surface area contributed by atoms with Crippen molar-refractivity contribution < 1.29 is 0 Å². The minimum Gasteiger partial charge on any atom is -0.310 e. The van der Waals surface area contributed by atoms with Gasteiger partial charge in [0.15, 0.2) is 0 Å². The molecule has 1 N–H and O–H groups in total. The average molecular weight is 283 g/mol. The summed E-state index contributed by atoms with van der Waals surface area (Å²) >= 11 is 0. The zero-order valence-electron chi connectivity index (χ0n) is 14.3. The average Bonchev–Trinajstić information content (AvgIpc) is 2.85. The maximum absolute atomic E-state index is 3.90. The first-order valence-corrected chi connectivity index (χ1v) is 9.08. The molecule has 0 aromatic carbocycles. The van der Waals surface area contributed by atoms with Crippen molar-refractivity contribution in [1.29, 1.82) is 0 Å². The lowest BCUT2D eigenvalue weighted by atomic mass is 9.96. The summed E-state index contributed by atoms with van der Waals surface area (Å²) in [6.45, 7) is 4.73. The maximum Gasteiger partial charge on any atom is 0.0308 e. The molecule has 0 radical (unpaired) electrons. The smallest absolute Gasteiger partial charge is 0.0308 e. The number of nitrogens with one attached hydrogen (secondary N) is 1. The second kappa shape index (κ2) is 10.6. The number of unbranched alkanes of at least 4 members (excludes halogenated alkanes) is 7. The lowest BCUT2D eigenvalue weighted by Crippen LogP contribution is -2.50. The zero-order chi connectivity index (χ0) is 14.7. The molecule has 0 aliphatic heterocycles. The quantitative estimate of drug-likeness (QED) is 0.527. The molecule has 1 saturated carbocycles. The fraction of sp³-hybridized carbons (Fsp3) is 1.00. The van der Waals surface area contributed by atoms with Crippen molar-refractivity contribution in [1.82, 2.24) is 10.2 Å². The van der Waals surface area contributed by atoms with Crippen molar-refractivity contribution in [3.63, 3.8) is 0 Å². The maximum atomic E-state index is 3.90. The first kappa shape index (κ1) is 18.0. The van der Waals surface area contributed by atoms with Crippen LogP contribution in [0.2, 0.25) is 0 Å². The molecule has 2 heteroatoms. The summed E-state index contributed by atoms with van der Waals surface area (Å²) in [5.74, 6) is 0. The van der Waals surface area contributed by atoms with Gasteiger partial charge in [-0.1, -0.05) is 64.7 Å². The molecule has 0 aromatic rings. The Morgan fingerprint density at radius 1 is 0.850 bits per heavy atom. The van der Waals surface area contributed by atoms with Crippen LogP contribution in [0.15, 0.2) is 0 Å². The lowest BCUT2D eigenvalue weighted by Gasteiger charge is -2.33. The summed E-state index contributed by atoms with van der Waals surface area (Å²) in [4.78, 5) is 2.35. The van der Waals surface area contributed by atoms with Gasteiger partial charge >= 0.3 is 0 Å². The first-order chi connectivity index (χ1) is 9.68. The highest BCUT2D eigenvalue weighted by Gasteiger charge is 2.33. The molecule has 0 heterocycles. The van der Waals surface area contributed by atoms with Crippen LogP contribution in [-0.2, 0) is 0 Å². The van der Waals surface area contributed by atoms with Crippen molar-refractivity contribution in [2.75, 3.05) is 27.2 Å². The summed E-state index contributed by atoms with van der Waals surface area (Å²) < 4.78 is 0. The topological polar surface area (TPSA) is 15.3 Å². The van der Waals surface area contributed by atoms with E-state index < -0.39 is 0 Å². The molecule has 1 fully saturated rings. The molecule has 1 aliphatic carbocycles. The zero-order valence-corrected chi connectivity index (χ0v) is 14.3. The Balaban J connectivity index is 2.01. The van der Waals surface area contributed by atoms with Crippen LogP contribution in [0.1, 0.15) is 84.0 Å². The Morgan fingerprint density at radius 2 is 1.40 bits per heavy atom. The lowest BCUT2D eigenvalue weighted by molar-refractivity contribution is 0.234. The molecule has 20 heavy (non-hydrogen) atoms. The molecule has 120 valence electrons. The Morgan fingerprint density at radius 3 is 1.95 bits per heavy atom. The number of likely N-dealkylation sites (N-methyl/N-ethyl adjacent to an activating group) is 1. The first-order valence-electron chi connectivity index (χ1n) is 9.08. The van der Waals surface area contributed by atoms with Gasteiger partial charge in [-0.15, -0.1) is 0 Å². The van der Waals surface area contributed by atoms with Gasteiger partial charge in [0.2, 0.25) is 0 Å². The Kier molecular flexibility index (Phi) is 9.54. The molecule has 0 unspecified atom stereocenters. The normalized spacial score (nSPS) is 18.0. The van der Waals surface area contributed by atoms with E-state index in [1.165, 1.54) is 90.1 Å². The molecule has 0 amide bonds. The molecule has 0 saturated heterocycles. The van der Waals surface area contributed by atoms with Gasteiger partial charge < -0.3 is 10.2 Å². The fourth-order valence-electron chi connectivity index (χ4n) is 3.66. The van der Waals surface area contributed by atoms with Crippen LogP contribution in [0, 0.1) is 0 Å². The molecule has 1 aliphatic rings. The predicted molar refractivity (Wildman–Crippen MR) is 90.4 cm³/mol. The number of nitrogens with zero attached hydrogens (tertiary/aromatic N) is 1. The van der Waals surface area contributed by atoms with Crippen LogP contribution < -0.4 is 5.32 Å². The van der Waals surface area contributed by atoms with E-state index >= 15 is 0 Å². The fourth-order valence-corrected chi connectivity index (χ4v) is 3.66. The Hall–Kier alpha value is -0.0800. The van der Waals surface area contributed by atoms with Crippen LogP contribution in [-0.4, -0.2) is 37.6 Å². The van der Waals surface area contributed by atoms with E-state index in [1.807, 2.05) is 0 Å². The number of rotatable bonds is 12. The highest BCUT2D eigenvalue weighted by Crippen LogP contribution is 2.30. The summed E-state index contributed by atoms with van der Waals surface area (Å²) in [5, 5.41) is 3.90. The van der Waals surface area contributed by atoms with Crippen LogP contribution in [0.5, 0.6) is 0 Å². The van der Waals surface area contributed by atoms with Crippen LogP contribution in [0.4, 0.5) is 0 Å². The van der Waals surface area contributed by atoms with E-state index in [-0.39, 0.29) is 0 Å². The second-order valence-corrected chi connectivity index (χ2v) is 7.13. The molecule has 0 atom stereocenters. The number of hydrogen-bond donors (Lipinski definition) is 1. The van der Waals surface area contributed by atoms with E-state index in [2.05, 4.69) is 31.2 Å². The third-order valence-corrected chi connectivity index (χ3v) is 4.71. The predicted octanol–water partition coefficient (Wildman–Crippen LogP) is 4.59. The summed E-state index contributed by atoms with van der Waals surface area (Å²) in [7, 11) is 4.41. The second-order valence-electron chi connectivity index (χ2n) is 7.13. The van der Waals surface area contributed by atoms with Gasteiger partial charge in [0, 0.05) is 12.1 Å². The van der Waals surface area contributed by atoms with E-state index in [0.717, 1.165) is 0 Å². The minimum absolute atomic E-state index is 0.435. The van der Waals surface area contributed by atoms with Crippen molar-refractivity contribution in [2.45, 2.75) is 89.5 Å². The minimum atomic E-state index is 0.435. The van der Waals surface area contributed by atoms with Gasteiger partial charge in [-0.2, -0.15) is 0 Å². The van der Waals surface area contributed by atoms with E-state index in [0.29, 0.717) is 5.54 Å². The van der Waals surface area contributed by atoms with Crippen LogP contribution in [0.3, 0.4) is 0 Å². The largest absolute Gasteiger partial charge is 0.310 e. The Labute approximate surface area is 127 Å². The summed E-state index contributed by atoms with van der Waals surface area (Å²) in [6.07, 6.45) is 16.9. The number of hydrogen-bond acceptors (Lipinski definition) is 2. The molecule has 0 spiro atoms. The third kappa shape index (κ3) is 7.64. The third-order valence-electron chi connectivity index (χ3n) is 4.71. The van der Waals surface area contributed by atoms with E-state index in [1.54, 1.807) is 0 Å².